The van der Waals surface area contributed by atoms with E-state index in [1.807, 2.05) is 0 Å². The Morgan fingerprint density at radius 3 is 1.64 bits per heavy atom. The topological polar surface area (TPSA) is 40.5 Å². The van der Waals surface area contributed by atoms with Gasteiger partial charge in [0.1, 0.15) is 0 Å². The molecular weight excluding hydrogens is 160 g/mol. The molecule has 0 bridgehead atoms. The smallest absolute Gasteiger partial charge is 0.427 e. The van der Waals surface area contributed by atoms with Gasteiger partial charge in [0.05, 0.1) is 5.92 Å². The van der Waals surface area contributed by atoms with Crippen molar-refractivity contribution in [3.05, 3.63) is 0 Å². The summed E-state index contributed by atoms with van der Waals surface area (Å²) in [6.07, 6.45) is -4.36. The molecule has 0 amide bonds. The molecule has 0 aliphatic carbocycles. The second-order valence-corrected chi connectivity index (χ2v) is 2.60. The minimum Gasteiger partial charge on any atom is -0.427 e. The van der Waals surface area contributed by atoms with Gasteiger partial charge in [0.2, 0.25) is 0 Å². The third kappa shape index (κ3) is 3.11. The molecule has 0 aliphatic rings. The van der Waals surface area contributed by atoms with Crippen molar-refractivity contribution in [2.24, 2.45) is 5.92 Å². The average Bonchev–Trinajstić information content (AvgIpc) is 1.82. The lowest BCUT2D eigenvalue weighted by Gasteiger charge is -2.21. The fraction of sp³-hybridized carbons (Fsp3) is 1.00. The third-order valence-corrected chi connectivity index (χ3v) is 1.78. The van der Waals surface area contributed by atoms with Crippen LogP contribution in [0.25, 0.3) is 0 Å². The van der Waals surface area contributed by atoms with Crippen LogP contribution in [0, 0.1) is 5.92 Å². The Hall–Kier alpha value is -0.225. The maximum Gasteiger partial charge on any atom is 0.455 e. The van der Waals surface area contributed by atoms with Crippen LogP contribution in [0.5, 0.6) is 0 Å². The Morgan fingerprint density at radius 1 is 1.18 bits per heavy atom. The van der Waals surface area contributed by atoms with E-state index in [1.54, 1.807) is 0 Å². The molecule has 6 heteroatoms. The van der Waals surface area contributed by atoms with Crippen LogP contribution in [0.3, 0.4) is 0 Å². The van der Waals surface area contributed by atoms with Crippen LogP contribution in [0.1, 0.15) is 13.8 Å². The maximum absolute atomic E-state index is 11.8. The minimum atomic E-state index is -4.36. The fourth-order valence-corrected chi connectivity index (χ4v) is 0.556. The van der Waals surface area contributed by atoms with E-state index in [4.69, 9.17) is 10.0 Å². The average molecular weight is 170 g/mol. The zero-order chi connectivity index (χ0) is 9.23. The van der Waals surface area contributed by atoms with Crippen LogP contribution in [0.2, 0.25) is 5.82 Å². The van der Waals surface area contributed by atoms with Gasteiger partial charge < -0.3 is 10.0 Å². The van der Waals surface area contributed by atoms with Crippen molar-refractivity contribution in [1.29, 1.82) is 0 Å². The molecule has 0 saturated heterocycles. The Kier molecular flexibility index (Phi) is 3.38. The number of rotatable bonds is 2. The van der Waals surface area contributed by atoms with Crippen molar-refractivity contribution in [2.45, 2.75) is 25.8 Å². The molecule has 0 aromatic carbocycles. The molecule has 0 rings (SSSR count). The molecular formula is C5H10BF3O2. The van der Waals surface area contributed by atoms with Gasteiger partial charge >= 0.3 is 13.3 Å². The van der Waals surface area contributed by atoms with E-state index in [-0.39, 0.29) is 0 Å². The van der Waals surface area contributed by atoms with Gasteiger partial charge in [-0.2, -0.15) is 13.2 Å². The van der Waals surface area contributed by atoms with E-state index in [1.165, 1.54) is 0 Å². The summed E-state index contributed by atoms with van der Waals surface area (Å²) in [5, 5.41) is 16.8. The second kappa shape index (κ2) is 3.45. The molecule has 1 unspecified atom stereocenters. The number of alkyl halides is 3. The van der Waals surface area contributed by atoms with E-state index in [0.29, 0.717) is 0 Å². The van der Waals surface area contributed by atoms with E-state index in [2.05, 4.69) is 0 Å². The number of halogens is 3. The molecule has 0 radical (unpaired) electrons. The first-order chi connectivity index (χ1) is 4.76. The standard InChI is InChI=1S/C5H10BF3O2/c1-3(5(7,8)9)4(2)6(10)11/h3-4,10-11H,1-2H3/t3?,4-/m1/s1. The highest BCUT2D eigenvalue weighted by molar-refractivity contribution is 6.43. The molecule has 2 atom stereocenters. The number of hydrogen-bond donors (Lipinski definition) is 2. The molecule has 0 aromatic rings. The Bertz CT molecular complexity index is 125. The molecule has 0 fully saturated rings. The largest absolute Gasteiger partial charge is 0.455 e. The van der Waals surface area contributed by atoms with Gasteiger partial charge in [0, 0.05) is 5.82 Å². The summed E-state index contributed by atoms with van der Waals surface area (Å²) < 4.78 is 35.5. The van der Waals surface area contributed by atoms with Crippen LogP contribution in [-0.4, -0.2) is 23.3 Å². The Labute approximate surface area is 63.2 Å². The lowest BCUT2D eigenvalue weighted by atomic mass is 9.67. The molecule has 0 saturated carbocycles. The Morgan fingerprint density at radius 2 is 1.55 bits per heavy atom. The van der Waals surface area contributed by atoms with E-state index >= 15 is 0 Å². The van der Waals surface area contributed by atoms with Crippen molar-refractivity contribution in [2.75, 3.05) is 0 Å². The summed E-state index contributed by atoms with van der Waals surface area (Å²) in [4.78, 5) is 0. The lowest BCUT2D eigenvalue weighted by molar-refractivity contribution is -0.171. The van der Waals surface area contributed by atoms with Crippen molar-refractivity contribution in [1.82, 2.24) is 0 Å². The van der Waals surface area contributed by atoms with Crippen LogP contribution >= 0.6 is 0 Å². The molecule has 0 aromatic heterocycles. The van der Waals surface area contributed by atoms with Gasteiger partial charge in [-0.1, -0.05) is 13.8 Å². The molecule has 11 heavy (non-hydrogen) atoms. The zero-order valence-electron chi connectivity index (χ0n) is 6.26. The predicted octanol–water partition coefficient (Wildman–Crippen LogP) is 1.05. The summed E-state index contributed by atoms with van der Waals surface area (Å²) in [6, 6.07) is 0. The normalized spacial score (nSPS) is 17.7. The monoisotopic (exact) mass is 170 g/mol. The van der Waals surface area contributed by atoms with Crippen molar-refractivity contribution < 1.29 is 23.2 Å². The SMILES string of the molecule is CC([C@@H](C)B(O)O)C(F)(F)F. The van der Waals surface area contributed by atoms with Crippen molar-refractivity contribution >= 4 is 7.12 Å². The van der Waals surface area contributed by atoms with Crippen LogP contribution in [0.15, 0.2) is 0 Å². The summed E-state index contributed by atoms with van der Waals surface area (Å²) in [5.74, 6) is -2.88. The first-order valence-electron chi connectivity index (χ1n) is 3.19. The molecule has 0 spiro atoms. The van der Waals surface area contributed by atoms with E-state index in [9.17, 15) is 13.2 Å². The van der Waals surface area contributed by atoms with Gasteiger partial charge in [0.15, 0.2) is 0 Å². The van der Waals surface area contributed by atoms with E-state index in [0.717, 1.165) is 13.8 Å². The highest BCUT2D eigenvalue weighted by Crippen LogP contribution is 2.34. The van der Waals surface area contributed by atoms with Gasteiger partial charge in [-0.15, -0.1) is 0 Å². The van der Waals surface area contributed by atoms with Crippen LogP contribution in [0.4, 0.5) is 13.2 Å². The van der Waals surface area contributed by atoms with Crippen molar-refractivity contribution in [3.63, 3.8) is 0 Å². The van der Waals surface area contributed by atoms with Crippen molar-refractivity contribution in [3.8, 4) is 0 Å². The lowest BCUT2D eigenvalue weighted by Crippen LogP contribution is -2.32. The van der Waals surface area contributed by atoms with Gasteiger partial charge in [-0.05, 0) is 0 Å². The predicted molar refractivity (Wildman–Crippen MR) is 34.8 cm³/mol. The quantitative estimate of drug-likeness (QED) is 0.608. The highest BCUT2D eigenvalue weighted by Gasteiger charge is 2.43. The van der Waals surface area contributed by atoms with Gasteiger partial charge in [-0.25, -0.2) is 0 Å². The van der Waals surface area contributed by atoms with Crippen LogP contribution < -0.4 is 0 Å². The zero-order valence-corrected chi connectivity index (χ0v) is 6.26. The summed E-state index contributed by atoms with van der Waals surface area (Å²) in [7, 11) is -1.91. The molecule has 2 N–H and O–H groups in total. The summed E-state index contributed by atoms with van der Waals surface area (Å²) in [6.45, 7) is 2.06. The summed E-state index contributed by atoms with van der Waals surface area (Å²) in [5.41, 5.74) is 0. The van der Waals surface area contributed by atoms with E-state index < -0.39 is 25.0 Å². The molecule has 66 valence electrons. The van der Waals surface area contributed by atoms with Gasteiger partial charge in [0.25, 0.3) is 0 Å². The third-order valence-electron chi connectivity index (χ3n) is 1.78. The Balaban J connectivity index is 4.13. The number of hydrogen-bond acceptors (Lipinski definition) is 2. The molecule has 0 aliphatic heterocycles. The second-order valence-electron chi connectivity index (χ2n) is 2.60. The van der Waals surface area contributed by atoms with Gasteiger partial charge in [-0.3, -0.25) is 0 Å². The maximum atomic E-state index is 11.8. The first kappa shape index (κ1) is 10.8. The molecule has 2 nitrogen and oxygen atoms in total. The fourth-order valence-electron chi connectivity index (χ4n) is 0.556. The minimum absolute atomic E-state index is 0.921. The first-order valence-corrected chi connectivity index (χ1v) is 3.19. The summed E-state index contributed by atoms with van der Waals surface area (Å²) >= 11 is 0. The molecule has 0 heterocycles. The highest BCUT2D eigenvalue weighted by atomic mass is 19.4. The van der Waals surface area contributed by atoms with Crippen LogP contribution in [-0.2, 0) is 0 Å².